The summed E-state index contributed by atoms with van der Waals surface area (Å²) in [4.78, 5) is 20.2. The van der Waals surface area contributed by atoms with Crippen molar-refractivity contribution in [1.29, 1.82) is 0 Å². The van der Waals surface area contributed by atoms with Gasteiger partial charge in [0.1, 0.15) is 5.68 Å². The van der Waals surface area contributed by atoms with Crippen molar-refractivity contribution in [1.82, 2.24) is 9.97 Å². The van der Waals surface area contributed by atoms with E-state index in [-0.39, 0.29) is 13.0 Å². The fourth-order valence-electron chi connectivity index (χ4n) is 1.54. The summed E-state index contributed by atoms with van der Waals surface area (Å²) in [6.45, 7) is 1.87. The predicted octanol–water partition coefficient (Wildman–Crippen LogP) is 1.34. The van der Waals surface area contributed by atoms with E-state index in [9.17, 15) is 4.79 Å². The number of hydrogen-bond acceptors (Lipinski definition) is 3. The van der Waals surface area contributed by atoms with E-state index in [0.29, 0.717) is 16.3 Å². The molecule has 2 rings (SSSR count). The Bertz CT molecular complexity index is 542. The molecule has 0 saturated carbocycles. The van der Waals surface area contributed by atoms with Gasteiger partial charge in [0.05, 0.1) is 10.7 Å². The third-order valence-electron chi connectivity index (χ3n) is 2.40. The molecule has 2 aromatic rings. The van der Waals surface area contributed by atoms with Crippen LogP contribution in [-0.4, -0.2) is 22.9 Å². The minimum absolute atomic E-state index is 0.0297. The second kappa shape index (κ2) is 5.10. The van der Waals surface area contributed by atoms with Crippen LogP contribution in [-0.2, 0) is 0 Å². The van der Waals surface area contributed by atoms with Crippen LogP contribution in [0.4, 0.5) is 0 Å². The van der Waals surface area contributed by atoms with Crippen LogP contribution in [0.1, 0.15) is 16.1 Å². The van der Waals surface area contributed by atoms with Crippen LogP contribution in [0.3, 0.4) is 0 Å². The van der Waals surface area contributed by atoms with Gasteiger partial charge in [-0.3, -0.25) is 9.97 Å². The summed E-state index contributed by atoms with van der Waals surface area (Å²) in [6, 6.07) is 7.16. The van der Waals surface area contributed by atoms with E-state index >= 15 is 0 Å². The van der Waals surface area contributed by atoms with Gasteiger partial charge in [-0.1, -0.05) is 17.7 Å². The molecule has 0 N–H and O–H groups in total. The van der Waals surface area contributed by atoms with Crippen molar-refractivity contribution >= 4 is 30.2 Å². The largest absolute Gasteiger partial charge is 0.304 e. The van der Waals surface area contributed by atoms with Gasteiger partial charge in [-0.2, -0.15) is 0 Å². The number of aromatic nitrogens is 2. The second-order valence-corrected chi connectivity index (χ2v) is 4.17. The SMILES string of the molecule is Cc1cccnc1C(=O)Bc1ccc(Cl)cn1. The van der Waals surface area contributed by atoms with Gasteiger partial charge in [0.25, 0.3) is 7.28 Å². The van der Waals surface area contributed by atoms with Crippen molar-refractivity contribution in [3.63, 3.8) is 0 Å². The summed E-state index contributed by atoms with van der Waals surface area (Å²) in [6.07, 6.45) is 3.16. The highest BCUT2D eigenvalue weighted by atomic mass is 35.5. The van der Waals surface area contributed by atoms with Gasteiger partial charge in [0.15, 0.2) is 0 Å². The normalized spacial score (nSPS) is 10.0. The number of halogens is 1. The molecule has 17 heavy (non-hydrogen) atoms. The zero-order valence-corrected chi connectivity index (χ0v) is 10.1. The first-order valence-corrected chi connectivity index (χ1v) is 5.60. The Kier molecular flexibility index (Phi) is 3.54. The smallest absolute Gasteiger partial charge is 0.271 e. The third-order valence-corrected chi connectivity index (χ3v) is 2.63. The molecule has 0 aliphatic carbocycles. The molecule has 5 heteroatoms. The van der Waals surface area contributed by atoms with Gasteiger partial charge < -0.3 is 4.79 Å². The van der Waals surface area contributed by atoms with E-state index in [4.69, 9.17) is 11.6 Å². The molecule has 0 atom stereocenters. The van der Waals surface area contributed by atoms with Crippen molar-refractivity contribution in [3.05, 3.63) is 52.9 Å². The van der Waals surface area contributed by atoms with Crippen molar-refractivity contribution in [3.8, 4) is 0 Å². The Labute approximate surface area is 105 Å². The summed E-state index contributed by atoms with van der Waals surface area (Å²) in [5.74, 6) is 0. The van der Waals surface area contributed by atoms with Crippen LogP contribution in [0.2, 0.25) is 5.02 Å². The molecule has 0 saturated heterocycles. The molecule has 0 fully saturated rings. The lowest BCUT2D eigenvalue weighted by atomic mass is 9.67. The van der Waals surface area contributed by atoms with Crippen molar-refractivity contribution in [2.75, 3.05) is 0 Å². The Morgan fingerprint density at radius 1 is 1.29 bits per heavy atom. The molecule has 2 aromatic heterocycles. The molecule has 0 amide bonds. The van der Waals surface area contributed by atoms with Crippen LogP contribution in [0.15, 0.2) is 36.7 Å². The maximum absolute atomic E-state index is 12.0. The van der Waals surface area contributed by atoms with E-state index in [2.05, 4.69) is 9.97 Å². The number of carbonyl (C=O) groups is 1. The summed E-state index contributed by atoms with van der Waals surface area (Å²) < 4.78 is 0. The highest BCUT2D eigenvalue weighted by Gasteiger charge is 2.13. The summed E-state index contributed by atoms with van der Waals surface area (Å²) >= 11 is 5.73. The lowest BCUT2D eigenvalue weighted by Gasteiger charge is -2.02. The van der Waals surface area contributed by atoms with Crippen LogP contribution in [0.25, 0.3) is 0 Å². The maximum Gasteiger partial charge on any atom is 0.271 e. The molecule has 0 unspecified atom stereocenters. The summed E-state index contributed by atoms with van der Waals surface area (Å²) in [5, 5.41) is 0.565. The quantitative estimate of drug-likeness (QED) is 0.765. The molecule has 2 heterocycles. The van der Waals surface area contributed by atoms with Gasteiger partial charge >= 0.3 is 0 Å². The molecule has 84 valence electrons. The highest BCUT2D eigenvalue weighted by molar-refractivity contribution is 6.86. The lowest BCUT2D eigenvalue weighted by Crippen LogP contribution is -2.27. The predicted molar refractivity (Wildman–Crippen MR) is 69.3 cm³/mol. The monoisotopic (exact) mass is 244 g/mol. The first-order valence-electron chi connectivity index (χ1n) is 5.22. The topological polar surface area (TPSA) is 42.9 Å². The molecule has 3 nitrogen and oxygen atoms in total. The van der Waals surface area contributed by atoms with Gasteiger partial charge in [-0.05, 0) is 30.7 Å². The molecular formula is C12H10BClN2O. The molecule has 0 radical (unpaired) electrons. The summed E-state index contributed by atoms with van der Waals surface area (Å²) in [7, 11) is 0.245. The van der Waals surface area contributed by atoms with E-state index in [1.807, 2.05) is 19.1 Å². The average Bonchev–Trinajstić information content (AvgIpc) is 2.32. The molecule has 0 aliphatic rings. The van der Waals surface area contributed by atoms with Crippen molar-refractivity contribution in [2.45, 2.75) is 6.92 Å². The first-order chi connectivity index (χ1) is 8.16. The van der Waals surface area contributed by atoms with Gasteiger partial charge in [-0.15, -0.1) is 0 Å². The number of aryl methyl sites for hydroxylation is 1. The first kappa shape index (κ1) is 11.8. The minimum Gasteiger partial charge on any atom is -0.304 e. The number of pyridine rings is 2. The standard InChI is InChI=1S/C12H10BClN2O/c1-8-3-2-6-15-11(8)12(17)13-10-5-4-9(14)7-16-10/h2-7,13H,1H3. The third kappa shape index (κ3) is 2.91. The number of rotatable bonds is 3. The fraction of sp³-hybridized carbons (Fsp3) is 0.0833. The van der Waals surface area contributed by atoms with E-state index in [1.165, 1.54) is 6.20 Å². The number of nitrogens with zero attached hydrogens (tertiary/aromatic N) is 2. The van der Waals surface area contributed by atoms with Crippen LogP contribution in [0, 0.1) is 6.92 Å². The Hall–Kier alpha value is -1.68. The van der Waals surface area contributed by atoms with Gasteiger partial charge in [0, 0.05) is 18.0 Å². The van der Waals surface area contributed by atoms with Gasteiger partial charge in [-0.25, -0.2) is 0 Å². The molecule has 0 bridgehead atoms. The number of carbonyl (C=O) groups excluding carboxylic acids is 1. The van der Waals surface area contributed by atoms with Crippen molar-refractivity contribution < 1.29 is 4.79 Å². The van der Waals surface area contributed by atoms with E-state index in [0.717, 1.165) is 5.56 Å². The zero-order chi connectivity index (χ0) is 12.3. The average molecular weight is 244 g/mol. The molecule has 0 spiro atoms. The van der Waals surface area contributed by atoms with Crippen LogP contribution < -0.4 is 5.59 Å². The molecule has 0 aliphatic heterocycles. The van der Waals surface area contributed by atoms with Crippen LogP contribution in [0.5, 0.6) is 0 Å². The molecule has 0 aromatic carbocycles. The highest BCUT2D eigenvalue weighted by Crippen LogP contribution is 2.04. The minimum atomic E-state index is -0.0297. The second-order valence-electron chi connectivity index (χ2n) is 3.74. The van der Waals surface area contributed by atoms with E-state index < -0.39 is 0 Å². The molecular weight excluding hydrogens is 234 g/mol. The lowest BCUT2D eigenvalue weighted by molar-refractivity contribution is 0.107. The number of hydrogen-bond donors (Lipinski definition) is 0. The van der Waals surface area contributed by atoms with E-state index in [1.54, 1.807) is 18.3 Å². The van der Waals surface area contributed by atoms with Crippen molar-refractivity contribution in [2.24, 2.45) is 0 Å². The maximum atomic E-state index is 12.0. The Morgan fingerprint density at radius 3 is 2.76 bits per heavy atom. The van der Waals surface area contributed by atoms with Gasteiger partial charge in [0.2, 0.25) is 0 Å². The Balaban J connectivity index is 2.17. The summed E-state index contributed by atoms with van der Waals surface area (Å²) in [5.41, 5.74) is 2.05. The fourth-order valence-corrected chi connectivity index (χ4v) is 1.65. The zero-order valence-electron chi connectivity index (χ0n) is 9.35. The Morgan fingerprint density at radius 2 is 2.12 bits per heavy atom. The van der Waals surface area contributed by atoms with Crippen LogP contribution >= 0.6 is 11.6 Å².